The lowest BCUT2D eigenvalue weighted by Crippen LogP contribution is -2.41. The molecule has 0 saturated carbocycles. The zero-order valence-corrected chi connectivity index (χ0v) is 15.4. The van der Waals surface area contributed by atoms with E-state index in [0.717, 1.165) is 22.0 Å². The predicted molar refractivity (Wildman–Crippen MR) is 106 cm³/mol. The summed E-state index contributed by atoms with van der Waals surface area (Å²) < 4.78 is 0. The Bertz CT molecular complexity index is 1010. The molecule has 0 fully saturated rings. The first-order valence-electron chi connectivity index (χ1n) is 8.75. The van der Waals surface area contributed by atoms with Crippen LogP contribution in [0.15, 0.2) is 65.6 Å². The van der Waals surface area contributed by atoms with Crippen LogP contribution in [-0.2, 0) is 0 Å². The summed E-state index contributed by atoms with van der Waals surface area (Å²) in [7, 11) is 0. The third-order valence-corrected chi connectivity index (χ3v) is 5.86. The molecular weight excluding hydrogens is 358 g/mol. The number of aldehydes is 1. The average molecular weight is 375 g/mol. The summed E-state index contributed by atoms with van der Waals surface area (Å²) in [6.07, 6.45) is 1.51. The molecule has 5 heteroatoms. The molecule has 0 unspecified atom stereocenters. The summed E-state index contributed by atoms with van der Waals surface area (Å²) in [4.78, 5) is 39.0. The molecule has 4 nitrogen and oxygen atoms in total. The summed E-state index contributed by atoms with van der Waals surface area (Å²) >= 11 is 1.56. The highest BCUT2D eigenvalue weighted by Crippen LogP contribution is 2.30. The normalized spacial score (nSPS) is 13.3. The Balaban J connectivity index is 1.48. The van der Waals surface area contributed by atoms with Crippen molar-refractivity contribution < 1.29 is 14.4 Å². The van der Waals surface area contributed by atoms with Gasteiger partial charge in [0.1, 0.15) is 0 Å². The highest BCUT2D eigenvalue weighted by atomic mass is 32.2. The molecule has 0 radical (unpaired) electrons. The van der Waals surface area contributed by atoms with Crippen molar-refractivity contribution in [3.05, 3.63) is 77.4 Å². The van der Waals surface area contributed by atoms with Gasteiger partial charge in [0.25, 0.3) is 11.8 Å². The fourth-order valence-electron chi connectivity index (χ4n) is 3.40. The molecule has 0 spiro atoms. The Morgan fingerprint density at radius 1 is 0.852 bits per heavy atom. The first-order chi connectivity index (χ1) is 13.2. The summed E-state index contributed by atoms with van der Waals surface area (Å²) in [5.74, 6) is 0.249. The third kappa shape index (κ3) is 3.15. The maximum absolute atomic E-state index is 12.8. The summed E-state index contributed by atoms with van der Waals surface area (Å²) in [6.45, 7) is 0.360. The standard InChI is InChI=1S/C22H17NO3S/c24-14-16-6-1-2-11-19(16)27-13-5-12-23-21(25)17-9-3-7-15-8-4-10-18(20(15)17)22(23)26/h1-4,6-11,14H,5,12-13H2. The van der Waals surface area contributed by atoms with Gasteiger partial charge in [0.2, 0.25) is 0 Å². The molecule has 0 aliphatic carbocycles. The lowest BCUT2D eigenvalue weighted by Gasteiger charge is -2.27. The second-order valence-electron chi connectivity index (χ2n) is 6.33. The Kier molecular flexibility index (Phi) is 4.77. The van der Waals surface area contributed by atoms with Crippen molar-refractivity contribution in [3.63, 3.8) is 0 Å². The van der Waals surface area contributed by atoms with Crippen molar-refractivity contribution in [2.75, 3.05) is 12.3 Å². The van der Waals surface area contributed by atoms with Gasteiger partial charge in [-0.15, -0.1) is 11.8 Å². The van der Waals surface area contributed by atoms with Gasteiger partial charge in [-0.2, -0.15) is 0 Å². The van der Waals surface area contributed by atoms with Crippen molar-refractivity contribution >= 4 is 40.6 Å². The number of thioether (sulfide) groups is 1. The van der Waals surface area contributed by atoms with Gasteiger partial charge < -0.3 is 0 Å². The quantitative estimate of drug-likeness (QED) is 0.277. The molecule has 0 N–H and O–H groups in total. The minimum Gasteiger partial charge on any atom is -0.298 e. The van der Waals surface area contributed by atoms with E-state index in [1.165, 1.54) is 4.90 Å². The van der Waals surface area contributed by atoms with E-state index < -0.39 is 0 Å². The number of carbonyl (C=O) groups is 3. The van der Waals surface area contributed by atoms with E-state index >= 15 is 0 Å². The molecule has 134 valence electrons. The maximum atomic E-state index is 12.8. The molecule has 1 aliphatic rings. The van der Waals surface area contributed by atoms with E-state index in [2.05, 4.69) is 0 Å². The van der Waals surface area contributed by atoms with E-state index in [9.17, 15) is 14.4 Å². The SMILES string of the molecule is O=Cc1ccccc1SCCCN1C(=O)c2cccc3cccc(c23)C1=O. The first-order valence-corrected chi connectivity index (χ1v) is 9.74. The molecule has 4 rings (SSSR count). The van der Waals surface area contributed by atoms with Crippen molar-refractivity contribution in [2.24, 2.45) is 0 Å². The largest absolute Gasteiger partial charge is 0.298 e. The van der Waals surface area contributed by atoms with Crippen LogP contribution in [0.2, 0.25) is 0 Å². The Morgan fingerprint density at radius 3 is 2.19 bits per heavy atom. The van der Waals surface area contributed by atoms with Gasteiger partial charge in [-0.1, -0.05) is 42.5 Å². The molecule has 3 aromatic rings. The molecule has 0 saturated heterocycles. The van der Waals surface area contributed by atoms with E-state index in [0.29, 0.717) is 35.4 Å². The fourth-order valence-corrected chi connectivity index (χ4v) is 4.35. The first kappa shape index (κ1) is 17.5. The summed E-state index contributed by atoms with van der Waals surface area (Å²) in [5.41, 5.74) is 1.83. The molecule has 3 aromatic carbocycles. The van der Waals surface area contributed by atoms with E-state index in [-0.39, 0.29) is 11.8 Å². The van der Waals surface area contributed by atoms with E-state index in [1.807, 2.05) is 42.5 Å². The molecule has 0 aromatic heterocycles. The lowest BCUT2D eigenvalue weighted by molar-refractivity contribution is 0.0611. The van der Waals surface area contributed by atoms with Crippen LogP contribution in [0.5, 0.6) is 0 Å². The molecule has 1 heterocycles. The lowest BCUT2D eigenvalue weighted by atomic mass is 9.94. The molecular formula is C22H17NO3S. The Morgan fingerprint density at radius 2 is 1.52 bits per heavy atom. The Labute approximate surface area is 161 Å². The van der Waals surface area contributed by atoms with Gasteiger partial charge in [0, 0.05) is 33.5 Å². The minimum absolute atomic E-state index is 0.234. The van der Waals surface area contributed by atoms with Gasteiger partial charge in [-0.25, -0.2) is 0 Å². The van der Waals surface area contributed by atoms with Crippen LogP contribution in [0.4, 0.5) is 0 Å². The van der Waals surface area contributed by atoms with Gasteiger partial charge in [-0.3, -0.25) is 19.3 Å². The number of hydrogen-bond acceptors (Lipinski definition) is 4. The highest BCUT2D eigenvalue weighted by molar-refractivity contribution is 7.99. The topological polar surface area (TPSA) is 54.5 Å². The van der Waals surface area contributed by atoms with Crippen molar-refractivity contribution in [1.29, 1.82) is 0 Å². The molecule has 0 bridgehead atoms. The fraction of sp³-hybridized carbons (Fsp3) is 0.136. The highest BCUT2D eigenvalue weighted by Gasteiger charge is 2.32. The second-order valence-corrected chi connectivity index (χ2v) is 7.47. The molecule has 2 amide bonds. The van der Waals surface area contributed by atoms with Crippen LogP contribution in [0.1, 0.15) is 37.5 Å². The maximum Gasteiger partial charge on any atom is 0.261 e. The van der Waals surface area contributed by atoms with E-state index in [4.69, 9.17) is 0 Å². The number of rotatable bonds is 6. The summed E-state index contributed by atoms with van der Waals surface area (Å²) in [6, 6.07) is 18.5. The van der Waals surface area contributed by atoms with Crippen molar-refractivity contribution in [1.82, 2.24) is 4.90 Å². The molecule has 0 atom stereocenters. The second kappa shape index (κ2) is 7.37. The number of hydrogen-bond donors (Lipinski definition) is 0. The smallest absolute Gasteiger partial charge is 0.261 e. The minimum atomic E-state index is -0.234. The number of amides is 2. The molecule has 27 heavy (non-hydrogen) atoms. The van der Waals surface area contributed by atoms with Crippen LogP contribution in [-0.4, -0.2) is 35.3 Å². The number of carbonyl (C=O) groups excluding carboxylic acids is 3. The third-order valence-electron chi connectivity index (χ3n) is 4.69. The van der Waals surface area contributed by atoms with Crippen LogP contribution in [0.3, 0.4) is 0 Å². The zero-order chi connectivity index (χ0) is 18.8. The van der Waals surface area contributed by atoms with Crippen LogP contribution < -0.4 is 0 Å². The van der Waals surface area contributed by atoms with E-state index in [1.54, 1.807) is 30.0 Å². The van der Waals surface area contributed by atoms with Crippen LogP contribution in [0, 0.1) is 0 Å². The van der Waals surface area contributed by atoms with Crippen molar-refractivity contribution in [3.8, 4) is 0 Å². The molecule has 1 aliphatic heterocycles. The average Bonchev–Trinajstić information content (AvgIpc) is 2.71. The van der Waals surface area contributed by atoms with Gasteiger partial charge in [-0.05, 0) is 35.8 Å². The zero-order valence-electron chi connectivity index (χ0n) is 14.6. The van der Waals surface area contributed by atoms with Gasteiger partial charge in [0.05, 0.1) is 0 Å². The van der Waals surface area contributed by atoms with Crippen LogP contribution >= 0.6 is 11.8 Å². The van der Waals surface area contributed by atoms with Gasteiger partial charge in [0.15, 0.2) is 6.29 Å². The van der Waals surface area contributed by atoms with Crippen LogP contribution in [0.25, 0.3) is 10.8 Å². The van der Waals surface area contributed by atoms with Gasteiger partial charge >= 0.3 is 0 Å². The number of benzene rings is 3. The number of imide groups is 1. The van der Waals surface area contributed by atoms with Crippen molar-refractivity contribution in [2.45, 2.75) is 11.3 Å². The number of nitrogens with zero attached hydrogens (tertiary/aromatic N) is 1. The summed E-state index contributed by atoms with van der Waals surface area (Å²) in [5, 5.41) is 1.66. The monoisotopic (exact) mass is 375 g/mol. The Hall–Kier alpha value is -2.92. The predicted octanol–water partition coefficient (Wildman–Crippen LogP) is 4.43.